The van der Waals surface area contributed by atoms with Crippen molar-refractivity contribution >= 4 is 0 Å². The molecule has 0 nitrogen and oxygen atoms in total. The lowest BCUT2D eigenvalue weighted by Crippen LogP contribution is -2.52. The van der Waals surface area contributed by atoms with Gasteiger partial charge in [-0.2, -0.15) is 0 Å². The standard InChI is InChI=1S/C20H30/c1-12-14(9-16-11-17(12)20(16,4)5)8-13-6-7-15-10-18(13)19(15,2)3/h6,14-18H,1,7-11H2,2-5H3/t14?,15-,16-,17-,18-/m1/s1. The van der Waals surface area contributed by atoms with Gasteiger partial charge in [-0.05, 0) is 72.5 Å². The summed E-state index contributed by atoms with van der Waals surface area (Å²) in [5, 5.41) is 0. The van der Waals surface area contributed by atoms with Crippen LogP contribution in [-0.4, -0.2) is 0 Å². The van der Waals surface area contributed by atoms with Crippen LogP contribution in [0.2, 0.25) is 0 Å². The van der Waals surface area contributed by atoms with E-state index in [-0.39, 0.29) is 0 Å². The summed E-state index contributed by atoms with van der Waals surface area (Å²) in [6, 6.07) is 0. The Morgan fingerprint density at radius 2 is 1.65 bits per heavy atom. The molecule has 0 saturated heterocycles. The summed E-state index contributed by atoms with van der Waals surface area (Å²) < 4.78 is 0. The molecule has 0 aromatic carbocycles. The second-order valence-electron chi connectivity index (χ2n) is 9.34. The van der Waals surface area contributed by atoms with Crippen LogP contribution in [0.5, 0.6) is 0 Å². The molecule has 0 radical (unpaired) electrons. The molecule has 0 heteroatoms. The Balaban J connectivity index is 1.49. The molecule has 1 unspecified atom stereocenters. The number of fused-ring (bicyclic) bond motifs is 3. The highest BCUT2D eigenvalue weighted by molar-refractivity contribution is 5.28. The van der Waals surface area contributed by atoms with Gasteiger partial charge >= 0.3 is 0 Å². The largest absolute Gasteiger partial charge is 0.0993 e. The molecule has 0 heterocycles. The third-order valence-electron chi connectivity index (χ3n) is 8.08. The summed E-state index contributed by atoms with van der Waals surface area (Å²) in [6.07, 6.45) is 9.59. The van der Waals surface area contributed by atoms with Gasteiger partial charge in [-0.1, -0.05) is 51.5 Å². The fourth-order valence-electron chi connectivity index (χ4n) is 6.03. The van der Waals surface area contributed by atoms with Crippen LogP contribution in [0.15, 0.2) is 23.8 Å². The minimum atomic E-state index is 0.551. The number of hydrogen-bond acceptors (Lipinski definition) is 0. The highest BCUT2D eigenvalue weighted by Crippen LogP contribution is 2.65. The van der Waals surface area contributed by atoms with Gasteiger partial charge in [-0.15, -0.1) is 0 Å². The van der Waals surface area contributed by atoms with E-state index in [2.05, 4.69) is 40.3 Å². The van der Waals surface area contributed by atoms with E-state index in [9.17, 15) is 0 Å². The van der Waals surface area contributed by atoms with Gasteiger partial charge in [0.25, 0.3) is 0 Å². The molecule has 0 amide bonds. The molecule has 5 atom stereocenters. The molecule has 0 aromatic heterocycles. The van der Waals surface area contributed by atoms with E-state index in [4.69, 9.17) is 0 Å². The van der Waals surface area contributed by atoms with Gasteiger partial charge in [-0.3, -0.25) is 0 Å². The van der Waals surface area contributed by atoms with Crippen molar-refractivity contribution in [2.45, 2.75) is 59.8 Å². The fourth-order valence-corrected chi connectivity index (χ4v) is 6.03. The van der Waals surface area contributed by atoms with Gasteiger partial charge in [0.05, 0.1) is 0 Å². The Labute approximate surface area is 124 Å². The topological polar surface area (TPSA) is 0 Å². The fraction of sp³-hybridized carbons (Fsp3) is 0.800. The molecule has 20 heavy (non-hydrogen) atoms. The summed E-state index contributed by atoms with van der Waals surface area (Å²) in [5.41, 5.74) is 4.53. The molecular formula is C20H30. The first kappa shape index (κ1) is 13.2. The quantitative estimate of drug-likeness (QED) is 0.572. The van der Waals surface area contributed by atoms with Crippen LogP contribution in [0.4, 0.5) is 0 Å². The lowest BCUT2D eigenvalue weighted by atomic mass is 9.43. The smallest absolute Gasteiger partial charge is 0.0146 e. The normalized spacial score (nSPS) is 47.1. The molecule has 0 N–H and O–H groups in total. The van der Waals surface area contributed by atoms with E-state index in [0.717, 1.165) is 29.6 Å². The summed E-state index contributed by atoms with van der Waals surface area (Å²) in [4.78, 5) is 0. The molecule has 110 valence electrons. The molecule has 4 bridgehead atoms. The summed E-state index contributed by atoms with van der Waals surface area (Å²) in [6.45, 7) is 14.4. The van der Waals surface area contributed by atoms with E-state index in [1.165, 1.54) is 32.1 Å². The van der Waals surface area contributed by atoms with Crippen molar-refractivity contribution in [2.75, 3.05) is 0 Å². The van der Waals surface area contributed by atoms with Crippen molar-refractivity contribution < 1.29 is 0 Å². The van der Waals surface area contributed by atoms with Gasteiger partial charge in [0.15, 0.2) is 0 Å². The molecule has 6 aliphatic carbocycles. The third-order valence-corrected chi connectivity index (χ3v) is 8.08. The molecule has 4 fully saturated rings. The van der Waals surface area contributed by atoms with Gasteiger partial charge in [0.2, 0.25) is 0 Å². The first-order chi connectivity index (χ1) is 9.31. The van der Waals surface area contributed by atoms with Crippen molar-refractivity contribution in [1.29, 1.82) is 0 Å². The monoisotopic (exact) mass is 270 g/mol. The van der Waals surface area contributed by atoms with Crippen molar-refractivity contribution in [2.24, 2.45) is 40.4 Å². The van der Waals surface area contributed by atoms with Crippen LogP contribution in [0.3, 0.4) is 0 Å². The Hall–Kier alpha value is -0.520. The molecule has 6 aliphatic rings. The van der Waals surface area contributed by atoms with E-state index in [1.807, 2.05) is 0 Å². The van der Waals surface area contributed by atoms with E-state index in [1.54, 1.807) is 11.1 Å². The highest BCUT2D eigenvalue weighted by Gasteiger charge is 2.56. The van der Waals surface area contributed by atoms with Gasteiger partial charge in [0.1, 0.15) is 0 Å². The summed E-state index contributed by atoms with van der Waals surface area (Å²) >= 11 is 0. The SMILES string of the molecule is C=C1C(CC2=CC[C@@H]3C[C@H]2C3(C)C)C[C@@H]2C[C@H]1C2(C)C. The van der Waals surface area contributed by atoms with E-state index >= 15 is 0 Å². The van der Waals surface area contributed by atoms with Crippen LogP contribution in [0.25, 0.3) is 0 Å². The minimum absolute atomic E-state index is 0.551. The van der Waals surface area contributed by atoms with Crippen molar-refractivity contribution in [3.63, 3.8) is 0 Å². The number of allylic oxidation sites excluding steroid dienone is 3. The molecule has 0 aliphatic heterocycles. The average Bonchev–Trinajstić information content (AvgIpc) is 2.40. The van der Waals surface area contributed by atoms with Crippen LogP contribution in [-0.2, 0) is 0 Å². The second-order valence-corrected chi connectivity index (χ2v) is 9.34. The maximum atomic E-state index is 4.52. The van der Waals surface area contributed by atoms with Gasteiger partial charge in [-0.25, -0.2) is 0 Å². The van der Waals surface area contributed by atoms with Crippen LogP contribution in [0, 0.1) is 40.4 Å². The Kier molecular flexibility index (Phi) is 2.51. The maximum absolute atomic E-state index is 4.52. The van der Waals surface area contributed by atoms with Gasteiger partial charge in [0, 0.05) is 0 Å². The lowest BCUT2D eigenvalue weighted by Gasteiger charge is -2.61. The predicted octanol–water partition coefficient (Wildman–Crippen LogP) is 5.61. The highest BCUT2D eigenvalue weighted by atomic mass is 14.6. The van der Waals surface area contributed by atoms with Crippen LogP contribution < -0.4 is 0 Å². The van der Waals surface area contributed by atoms with Crippen LogP contribution >= 0.6 is 0 Å². The second kappa shape index (κ2) is 3.81. The molecular weight excluding hydrogens is 240 g/mol. The van der Waals surface area contributed by atoms with E-state index in [0.29, 0.717) is 10.8 Å². The summed E-state index contributed by atoms with van der Waals surface area (Å²) in [7, 11) is 0. The number of rotatable bonds is 2. The minimum Gasteiger partial charge on any atom is -0.0993 e. The lowest BCUT2D eigenvalue weighted by molar-refractivity contribution is -0.0508. The van der Waals surface area contributed by atoms with Crippen molar-refractivity contribution in [1.82, 2.24) is 0 Å². The van der Waals surface area contributed by atoms with Crippen LogP contribution in [0.1, 0.15) is 59.8 Å². The van der Waals surface area contributed by atoms with Gasteiger partial charge < -0.3 is 0 Å². The first-order valence-electron chi connectivity index (χ1n) is 8.69. The molecule has 6 rings (SSSR count). The molecule has 0 spiro atoms. The Morgan fingerprint density at radius 3 is 2.20 bits per heavy atom. The van der Waals surface area contributed by atoms with E-state index < -0.39 is 0 Å². The zero-order valence-electron chi connectivity index (χ0n) is 13.7. The molecule has 4 saturated carbocycles. The Bertz CT molecular complexity index is 490. The predicted molar refractivity (Wildman–Crippen MR) is 85.3 cm³/mol. The Morgan fingerprint density at radius 1 is 1.00 bits per heavy atom. The third kappa shape index (κ3) is 1.49. The maximum Gasteiger partial charge on any atom is -0.0146 e. The zero-order valence-corrected chi connectivity index (χ0v) is 13.7. The average molecular weight is 270 g/mol. The summed E-state index contributed by atoms with van der Waals surface area (Å²) in [5.74, 6) is 4.44. The van der Waals surface area contributed by atoms with Crippen molar-refractivity contribution in [3.8, 4) is 0 Å². The molecule has 0 aromatic rings. The van der Waals surface area contributed by atoms with Crippen molar-refractivity contribution in [3.05, 3.63) is 23.8 Å². The first-order valence-corrected chi connectivity index (χ1v) is 8.69. The zero-order chi connectivity index (χ0) is 14.3. The number of hydrogen-bond donors (Lipinski definition) is 0.